The summed E-state index contributed by atoms with van der Waals surface area (Å²) in [5.41, 5.74) is 4.89. The van der Waals surface area contributed by atoms with Gasteiger partial charge in [0.25, 0.3) is 0 Å². The zero-order valence-electron chi connectivity index (χ0n) is 10.1. The molecule has 0 aromatic carbocycles. The van der Waals surface area contributed by atoms with Gasteiger partial charge in [-0.1, -0.05) is 0 Å². The van der Waals surface area contributed by atoms with Crippen molar-refractivity contribution in [2.24, 2.45) is 5.73 Å². The van der Waals surface area contributed by atoms with Crippen LogP contribution in [0.25, 0.3) is 0 Å². The van der Waals surface area contributed by atoms with Crippen molar-refractivity contribution in [1.82, 2.24) is 5.32 Å². The molecule has 0 aliphatic heterocycles. The van der Waals surface area contributed by atoms with Crippen molar-refractivity contribution in [3.8, 4) is 0 Å². The monoisotopic (exact) mass is 266 g/mol. The van der Waals surface area contributed by atoms with E-state index < -0.39 is 19.4 Å². The van der Waals surface area contributed by atoms with E-state index >= 15 is 0 Å². The molecule has 2 amide bonds. The Bertz CT molecular complexity index is 298. The Morgan fingerprint density at radius 2 is 1.71 bits per heavy atom. The average Bonchev–Trinajstić information content (AvgIpc) is 2.24. The van der Waals surface area contributed by atoms with Crippen molar-refractivity contribution in [2.75, 3.05) is 19.5 Å². The quantitative estimate of drug-likeness (QED) is 0.594. The van der Waals surface area contributed by atoms with Crippen molar-refractivity contribution in [2.45, 2.75) is 26.7 Å². The maximum absolute atomic E-state index is 11.9. The number of nitrogens with two attached hydrogens (primary N) is 1. The normalized spacial score (nSPS) is 11.2. The molecule has 0 rings (SSSR count). The van der Waals surface area contributed by atoms with Crippen molar-refractivity contribution in [3.63, 3.8) is 0 Å². The fourth-order valence-electron chi connectivity index (χ4n) is 1.03. The van der Waals surface area contributed by atoms with E-state index in [1.54, 1.807) is 13.8 Å². The molecule has 3 N–H and O–H groups in total. The highest BCUT2D eigenvalue weighted by Gasteiger charge is 2.24. The molecule has 0 radical (unpaired) electrons. The van der Waals surface area contributed by atoms with Gasteiger partial charge in [0.1, 0.15) is 6.29 Å². The van der Waals surface area contributed by atoms with Crippen molar-refractivity contribution < 1.29 is 23.2 Å². The van der Waals surface area contributed by atoms with Crippen LogP contribution in [0.2, 0.25) is 0 Å². The van der Waals surface area contributed by atoms with Crippen LogP contribution in [0.1, 0.15) is 26.7 Å². The lowest BCUT2D eigenvalue weighted by Crippen LogP contribution is -2.26. The van der Waals surface area contributed by atoms with Gasteiger partial charge < -0.3 is 20.1 Å². The van der Waals surface area contributed by atoms with E-state index in [2.05, 4.69) is 5.32 Å². The molecule has 17 heavy (non-hydrogen) atoms. The lowest BCUT2D eigenvalue weighted by Gasteiger charge is -2.17. The van der Waals surface area contributed by atoms with Gasteiger partial charge in [0.15, 0.2) is 0 Å². The lowest BCUT2D eigenvalue weighted by molar-refractivity contribution is -0.124. The first-order chi connectivity index (χ1) is 7.93. The molecule has 100 valence electrons. The molecule has 7 nitrogen and oxygen atoms in total. The Balaban J connectivity index is 4.08. The Hall–Kier alpha value is -0.910. The van der Waals surface area contributed by atoms with Crippen LogP contribution in [-0.2, 0) is 23.2 Å². The second-order valence-electron chi connectivity index (χ2n) is 3.17. The summed E-state index contributed by atoms with van der Waals surface area (Å²) in [4.78, 5) is 21.7. The molecule has 0 aliphatic rings. The molecule has 8 heteroatoms. The predicted octanol–water partition coefficient (Wildman–Crippen LogP) is 0.592. The smallest absolute Gasteiger partial charge is 0.349 e. The highest BCUT2D eigenvalue weighted by atomic mass is 31.2. The molecule has 0 bridgehead atoms. The van der Waals surface area contributed by atoms with Crippen LogP contribution < -0.4 is 11.1 Å². The first-order valence-electron chi connectivity index (χ1n) is 5.36. The zero-order valence-corrected chi connectivity index (χ0v) is 11.0. The number of hydrogen-bond acceptors (Lipinski definition) is 5. The summed E-state index contributed by atoms with van der Waals surface area (Å²) in [6.07, 6.45) is -0.279. The Morgan fingerprint density at radius 3 is 2.12 bits per heavy atom. The van der Waals surface area contributed by atoms with Gasteiger partial charge in [0.2, 0.25) is 11.8 Å². The van der Waals surface area contributed by atoms with Crippen LogP contribution in [-0.4, -0.2) is 31.3 Å². The van der Waals surface area contributed by atoms with Crippen LogP contribution in [0.3, 0.4) is 0 Å². The van der Waals surface area contributed by atoms with Crippen LogP contribution in [0.4, 0.5) is 0 Å². The van der Waals surface area contributed by atoms with Crippen LogP contribution in [0, 0.1) is 0 Å². The van der Waals surface area contributed by atoms with E-state index in [1.807, 2.05) is 0 Å². The van der Waals surface area contributed by atoms with Crippen molar-refractivity contribution in [3.05, 3.63) is 0 Å². The summed E-state index contributed by atoms with van der Waals surface area (Å²) in [5, 5.41) is 2.39. The number of hydrogen-bond donors (Lipinski definition) is 2. The molecular formula is C9H19N2O5P. The van der Waals surface area contributed by atoms with Crippen molar-refractivity contribution >= 4 is 19.4 Å². The maximum atomic E-state index is 11.9. The molecule has 0 atom stereocenters. The molecular weight excluding hydrogens is 247 g/mol. The van der Waals surface area contributed by atoms with Gasteiger partial charge in [-0.3, -0.25) is 14.2 Å². The molecule has 0 unspecified atom stereocenters. The summed E-state index contributed by atoms with van der Waals surface area (Å²) >= 11 is 0. The average molecular weight is 266 g/mol. The largest absolute Gasteiger partial charge is 0.370 e. The Kier molecular flexibility index (Phi) is 7.78. The number of carbonyl (C=O) groups excluding carboxylic acids is 2. The van der Waals surface area contributed by atoms with Crippen LogP contribution >= 0.6 is 7.60 Å². The topological polar surface area (TPSA) is 108 Å². The predicted molar refractivity (Wildman–Crippen MR) is 62.3 cm³/mol. The number of rotatable bonds is 9. The van der Waals surface area contributed by atoms with Crippen molar-refractivity contribution in [1.29, 1.82) is 0 Å². The second-order valence-corrected chi connectivity index (χ2v) is 5.23. The van der Waals surface area contributed by atoms with Crippen LogP contribution in [0.5, 0.6) is 0 Å². The Labute approximate surface area is 101 Å². The number of nitrogens with one attached hydrogen (secondary N) is 1. The van der Waals surface area contributed by atoms with Gasteiger partial charge in [-0.15, -0.1) is 0 Å². The lowest BCUT2D eigenvalue weighted by atomic mass is 10.3. The summed E-state index contributed by atoms with van der Waals surface area (Å²) in [5.74, 6) is -0.971. The molecule has 0 spiro atoms. The fraction of sp³-hybridized carbons (Fsp3) is 0.778. The van der Waals surface area contributed by atoms with Gasteiger partial charge >= 0.3 is 7.60 Å². The molecule has 0 aliphatic carbocycles. The number of primary amides is 1. The SMILES string of the molecule is CCOP(=O)(CNC(=O)CCC(N)=O)OCC. The zero-order chi connectivity index (χ0) is 13.3. The minimum atomic E-state index is -3.27. The maximum Gasteiger partial charge on any atom is 0.349 e. The first kappa shape index (κ1) is 16.1. The van der Waals surface area contributed by atoms with Gasteiger partial charge in [-0.2, -0.15) is 0 Å². The molecule has 0 saturated heterocycles. The van der Waals surface area contributed by atoms with E-state index in [9.17, 15) is 14.2 Å². The second kappa shape index (κ2) is 8.22. The minimum absolute atomic E-state index is 0.0341. The fourth-order valence-corrected chi connectivity index (χ4v) is 2.45. The van der Waals surface area contributed by atoms with E-state index in [1.165, 1.54) is 0 Å². The van der Waals surface area contributed by atoms with E-state index in [0.717, 1.165) is 0 Å². The van der Waals surface area contributed by atoms with E-state index in [4.69, 9.17) is 14.8 Å². The third-order valence-electron chi connectivity index (χ3n) is 1.72. The molecule has 0 saturated carbocycles. The van der Waals surface area contributed by atoms with Crippen LogP contribution in [0.15, 0.2) is 0 Å². The van der Waals surface area contributed by atoms with Gasteiger partial charge in [0, 0.05) is 12.8 Å². The summed E-state index contributed by atoms with van der Waals surface area (Å²) in [7, 11) is -3.27. The minimum Gasteiger partial charge on any atom is -0.370 e. The first-order valence-corrected chi connectivity index (χ1v) is 7.09. The molecule has 0 heterocycles. The van der Waals surface area contributed by atoms with Gasteiger partial charge in [0.05, 0.1) is 13.2 Å². The van der Waals surface area contributed by atoms with E-state index in [-0.39, 0.29) is 32.3 Å². The number of carbonyl (C=O) groups is 2. The highest BCUT2D eigenvalue weighted by Crippen LogP contribution is 2.46. The molecule has 0 aromatic heterocycles. The summed E-state index contributed by atoms with van der Waals surface area (Å²) in [6.45, 7) is 3.82. The van der Waals surface area contributed by atoms with Gasteiger partial charge in [-0.05, 0) is 13.8 Å². The summed E-state index contributed by atoms with van der Waals surface area (Å²) in [6, 6.07) is 0. The molecule has 0 fully saturated rings. The highest BCUT2D eigenvalue weighted by molar-refractivity contribution is 7.53. The Morgan fingerprint density at radius 1 is 1.18 bits per heavy atom. The third kappa shape index (κ3) is 7.90. The number of amides is 2. The standard InChI is InChI=1S/C9H19N2O5P/c1-3-15-17(14,16-4-2)7-11-9(13)6-5-8(10)12/h3-7H2,1-2H3,(H2,10,12)(H,11,13). The van der Waals surface area contributed by atoms with E-state index in [0.29, 0.717) is 0 Å². The summed E-state index contributed by atoms with van der Waals surface area (Å²) < 4.78 is 21.9. The molecule has 0 aromatic rings. The third-order valence-corrected chi connectivity index (χ3v) is 3.57. The van der Waals surface area contributed by atoms with Gasteiger partial charge in [-0.25, -0.2) is 0 Å².